The van der Waals surface area contributed by atoms with Gasteiger partial charge in [0.25, 0.3) is 0 Å². The van der Waals surface area contributed by atoms with E-state index in [1.165, 1.54) is 10.4 Å². The monoisotopic (exact) mass is 375 g/mol. The molecule has 0 aromatic heterocycles. The molecule has 2 aromatic rings. The van der Waals surface area contributed by atoms with Crippen molar-refractivity contribution in [1.82, 2.24) is 4.31 Å². The molecule has 0 amide bonds. The molecule has 138 valence electrons. The maximum absolute atomic E-state index is 14.5. The van der Waals surface area contributed by atoms with Crippen LogP contribution in [0.15, 0.2) is 48.5 Å². The first-order valence-electron chi connectivity index (χ1n) is 8.79. The summed E-state index contributed by atoms with van der Waals surface area (Å²) in [4.78, 5) is 12.8. The summed E-state index contributed by atoms with van der Waals surface area (Å²) in [7, 11) is -3.31. The number of piperidine rings is 1. The van der Waals surface area contributed by atoms with Gasteiger partial charge in [-0.25, -0.2) is 17.1 Å². The highest BCUT2D eigenvalue weighted by atomic mass is 32.2. The van der Waals surface area contributed by atoms with Gasteiger partial charge in [0.05, 0.1) is 5.75 Å². The largest absolute Gasteiger partial charge is 0.294 e. The van der Waals surface area contributed by atoms with Crippen molar-refractivity contribution < 1.29 is 17.6 Å². The first-order chi connectivity index (χ1) is 12.4. The summed E-state index contributed by atoms with van der Waals surface area (Å²) < 4.78 is 40.0. The molecule has 1 unspecified atom stereocenters. The van der Waals surface area contributed by atoms with Crippen LogP contribution in [0.4, 0.5) is 4.39 Å². The van der Waals surface area contributed by atoms with E-state index in [-0.39, 0.29) is 18.1 Å². The first kappa shape index (κ1) is 18.7. The molecule has 26 heavy (non-hydrogen) atoms. The number of hydrogen-bond acceptors (Lipinski definition) is 3. The van der Waals surface area contributed by atoms with E-state index in [4.69, 9.17) is 0 Å². The predicted molar refractivity (Wildman–Crippen MR) is 99.9 cm³/mol. The van der Waals surface area contributed by atoms with Crippen molar-refractivity contribution in [1.29, 1.82) is 0 Å². The Bertz CT molecular complexity index is 897. The number of Topliss-reactive ketones (excluding diaryl/α,β-unsaturated/α-hetero) is 1. The smallest absolute Gasteiger partial charge is 0.213 e. The predicted octanol–water partition coefficient (Wildman–Crippen LogP) is 3.74. The molecular formula is C20H22FNO3S. The molecule has 1 aliphatic rings. The highest BCUT2D eigenvalue weighted by molar-refractivity contribution is 7.89. The second-order valence-electron chi connectivity index (χ2n) is 6.52. The third-order valence-electron chi connectivity index (χ3n) is 4.85. The molecule has 1 fully saturated rings. The molecule has 1 atom stereocenters. The van der Waals surface area contributed by atoms with Gasteiger partial charge >= 0.3 is 0 Å². The van der Waals surface area contributed by atoms with Gasteiger partial charge in [-0.1, -0.05) is 42.5 Å². The molecule has 1 aliphatic heterocycles. The summed E-state index contributed by atoms with van der Waals surface area (Å²) in [6.45, 7) is 2.22. The number of benzene rings is 2. The van der Waals surface area contributed by atoms with E-state index in [9.17, 15) is 17.6 Å². The van der Waals surface area contributed by atoms with Crippen molar-refractivity contribution in [3.8, 4) is 11.1 Å². The van der Waals surface area contributed by atoms with E-state index < -0.39 is 21.8 Å². The molecule has 4 nitrogen and oxygen atoms in total. The Balaban J connectivity index is 1.81. The summed E-state index contributed by atoms with van der Waals surface area (Å²) in [5.74, 6) is -1.05. The average Bonchev–Trinajstić information content (AvgIpc) is 2.68. The number of ketones is 1. The van der Waals surface area contributed by atoms with Gasteiger partial charge in [-0.05, 0) is 31.4 Å². The minimum Gasteiger partial charge on any atom is -0.294 e. The lowest BCUT2D eigenvalue weighted by atomic mass is 9.90. The van der Waals surface area contributed by atoms with Gasteiger partial charge in [0, 0.05) is 30.1 Å². The molecule has 0 radical (unpaired) electrons. The van der Waals surface area contributed by atoms with Crippen LogP contribution in [0.25, 0.3) is 11.1 Å². The fourth-order valence-electron chi connectivity index (χ4n) is 3.35. The summed E-state index contributed by atoms with van der Waals surface area (Å²) in [6, 6.07) is 13.7. The first-order valence-corrected chi connectivity index (χ1v) is 10.4. The third-order valence-corrected chi connectivity index (χ3v) is 6.70. The Hall–Kier alpha value is -2.05. The molecule has 0 saturated carbocycles. The normalized spacial score (nSPS) is 18.6. The fraction of sp³-hybridized carbons (Fsp3) is 0.350. The molecule has 6 heteroatoms. The van der Waals surface area contributed by atoms with E-state index in [1.807, 2.05) is 30.3 Å². The summed E-state index contributed by atoms with van der Waals surface area (Å²) in [6.07, 6.45) is 1.26. The Morgan fingerprint density at radius 3 is 2.58 bits per heavy atom. The molecule has 0 spiro atoms. The van der Waals surface area contributed by atoms with Crippen molar-refractivity contribution in [3.05, 3.63) is 59.9 Å². The topological polar surface area (TPSA) is 54.5 Å². The molecule has 2 aromatic carbocycles. The number of nitrogens with zero attached hydrogens (tertiary/aromatic N) is 1. The number of carbonyl (C=O) groups is 1. The Morgan fingerprint density at radius 1 is 1.19 bits per heavy atom. The van der Waals surface area contributed by atoms with Crippen LogP contribution in [0.5, 0.6) is 0 Å². The molecule has 1 saturated heterocycles. The second kappa shape index (κ2) is 7.68. The number of rotatable bonds is 5. The Morgan fingerprint density at radius 2 is 1.92 bits per heavy atom. The minimum absolute atomic E-state index is 0.0221. The molecule has 1 heterocycles. The average molecular weight is 375 g/mol. The molecular weight excluding hydrogens is 353 g/mol. The van der Waals surface area contributed by atoms with Gasteiger partial charge in [0.1, 0.15) is 5.82 Å². The Labute approximate surface area is 153 Å². The number of halogens is 1. The number of hydrogen-bond donors (Lipinski definition) is 0. The van der Waals surface area contributed by atoms with Crippen LogP contribution in [0.3, 0.4) is 0 Å². The number of carbonyl (C=O) groups excluding carboxylic acids is 1. The second-order valence-corrected chi connectivity index (χ2v) is 8.78. The summed E-state index contributed by atoms with van der Waals surface area (Å²) >= 11 is 0. The molecule has 3 rings (SSSR count). The van der Waals surface area contributed by atoms with Gasteiger partial charge < -0.3 is 0 Å². The van der Waals surface area contributed by atoms with Gasteiger partial charge in [0.2, 0.25) is 10.0 Å². The molecule has 0 N–H and O–H groups in total. The van der Waals surface area contributed by atoms with Gasteiger partial charge in [-0.2, -0.15) is 0 Å². The highest BCUT2D eigenvalue weighted by Gasteiger charge is 2.32. The van der Waals surface area contributed by atoms with Gasteiger partial charge in [-0.3, -0.25) is 4.79 Å². The van der Waals surface area contributed by atoms with E-state index >= 15 is 0 Å². The SMILES string of the molecule is CCS(=O)(=O)N1CCCC(C(=O)c2ccc(-c3ccccc3)c(F)c2)C1. The lowest BCUT2D eigenvalue weighted by Crippen LogP contribution is -2.42. The van der Waals surface area contributed by atoms with Crippen molar-refractivity contribution in [2.75, 3.05) is 18.8 Å². The van der Waals surface area contributed by atoms with Crippen LogP contribution in [-0.4, -0.2) is 37.3 Å². The van der Waals surface area contributed by atoms with Crippen molar-refractivity contribution in [3.63, 3.8) is 0 Å². The van der Waals surface area contributed by atoms with E-state index in [2.05, 4.69) is 0 Å². The Kier molecular flexibility index (Phi) is 5.53. The zero-order valence-corrected chi connectivity index (χ0v) is 15.5. The third kappa shape index (κ3) is 3.86. The zero-order chi connectivity index (χ0) is 18.7. The van der Waals surface area contributed by atoms with Crippen LogP contribution in [0.2, 0.25) is 0 Å². The van der Waals surface area contributed by atoms with Crippen LogP contribution in [0, 0.1) is 11.7 Å². The molecule has 0 aliphatic carbocycles. The highest BCUT2D eigenvalue weighted by Crippen LogP contribution is 2.27. The van der Waals surface area contributed by atoms with Crippen LogP contribution >= 0.6 is 0 Å². The lowest BCUT2D eigenvalue weighted by molar-refractivity contribution is 0.0872. The maximum atomic E-state index is 14.5. The van der Waals surface area contributed by atoms with Crippen molar-refractivity contribution >= 4 is 15.8 Å². The van der Waals surface area contributed by atoms with Crippen LogP contribution < -0.4 is 0 Å². The zero-order valence-electron chi connectivity index (χ0n) is 14.7. The fourth-order valence-corrected chi connectivity index (χ4v) is 4.53. The standard InChI is InChI=1S/C20H22FNO3S/c1-2-26(24,25)22-12-6-9-17(14-22)20(23)16-10-11-18(19(21)13-16)15-7-4-3-5-8-15/h3-5,7-8,10-11,13,17H,2,6,9,12,14H2,1H3. The molecule has 0 bridgehead atoms. The number of sulfonamides is 1. The summed E-state index contributed by atoms with van der Waals surface area (Å²) in [5.41, 5.74) is 1.49. The van der Waals surface area contributed by atoms with E-state index in [0.717, 1.165) is 5.56 Å². The van der Waals surface area contributed by atoms with Crippen molar-refractivity contribution in [2.45, 2.75) is 19.8 Å². The van der Waals surface area contributed by atoms with E-state index in [0.29, 0.717) is 30.5 Å². The lowest BCUT2D eigenvalue weighted by Gasteiger charge is -2.31. The van der Waals surface area contributed by atoms with Crippen LogP contribution in [-0.2, 0) is 10.0 Å². The van der Waals surface area contributed by atoms with Gasteiger partial charge in [-0.15, -0.1) is 0 Å². The minimum atomic E-state index is -3.31. The van der Waals surface area contributed by atoms with Gasteiger partial charge in [0.15, 0.2) is 5.78 Å². The summed E-state index contributed by atoms with van der Waals surface area (Å²) in [5, 5.41) is 0. The van der Waals surface area contributed by atoms with Crippen molar-refractivity contribution in [2.24, 2.45) is 5.92 Å². The van der Waals surface area contributed by atoms with E-state index in [1.54, 1.807) is 19.1 Å². The maximum Gasteiger partial charge on any atom is 0.213 e. The quantitative estimate of drug-likeness (QED) is 0.748. The van der Waals surface area contributed by atoms with Crippen LogP contribution in [0.1, 0.15) is 30.1 Å².